The zero-order valence-electron chi connectivity index (χ0n) is 10.9. The van der Waals surface area contributed by atoms with Crippen LogP contribution < -0.4 is 11.5 Å². The zero-order valence-corrected chi connectivity index (χ0v) is 13.3. The molecule has 0 amide bonds. The summed E-state index contributed by atoms with van der Waals surface area (Å²) in [5, 5.41) is 9.06. The van der Waals surface area contributed by atoms with Crippen molar-refractivity contribution >= 4 is 48.4 Å². The third kappa shape index (κ3) is 8.02. The molecule has 0 aromatic heterocycles. The number of hydrogen-bond acceptors (Lipinski definition) is 4. The van der Waals surface area contributed by atoms with E-state index in [1.807, 2.05) is 13.8 Å². The highest BCUT2D eigenvalue weighted by molar-refractivity contribution is 7.99. The lowest BCUT2D eigenvalue weighted by atomic mass is 9.90. The fourth-order valence-electron chi connectivity index (χ4n) is 1.00. The van der Waals surface area contributed by atoms with E-state index >= 15 is 0 Å². The highest BCUT2D eigenvalue weighted by Gasteiger charge is 2.37. The standard InChI is InChI=1S/C10H21N3O2S.2ClH/c1-7(2)10(12,9(14)15)6-16-5-4-13-8(3)11;;/h7H,4-6,12H2,1-3H3,(H2,11,13)(H,14,15);2*1H/t10-;;/m0../s1. The van der Waals surface area contributed by atoms with Crippen molar-refractivity contribution in [3.63, 3.8) is 0 Å². The quantitative estimate of drug-likeness (QED) is 0.374. The number of aliphatic imine (C=N–C) groups is 1. The van der Waals surface area contributed by atoms with Crippen LogP contribution in [0.5, 0.6) is 0 Å². The van der Waals surface area contributed by atoms with E-state index in [4.69, 9.17) is 16.6 Å². The van der Waals surface area contributed by atoms with Crippen molar-refractivity contribution < 1.29 is 9.90 Å². The van der Waals surface area contributed by atoms with Gasteiger partial charge in [-0.1, -0.05) is 13.8 Å². The maximum atomic E-state index is 11.0. The van der Waals surface area contributed by atoms with E-state index in [0.717, 1.165) is 5.75 Å². The molecule has 5 N–H and O–H groups in total. The molecule has 0 fully saturated rings. The van der Waals surface area contributed by atoms with Gasteiger partial charge in [-0.25, -0.2) is 0 Å². The van der Waals surface area contributed by atoms with Crippen molar-refractivity contribution in [2.24, 2.45) is 22.4 Å². The lowest BCUT2D eigenvalue weighted by molar-refractivity contribution is -0.144. The fraction of sp³-hybridized carbons (Fsp3) is 0.800. The highest BCUT2D eigenvalue weighted by atomic mass is 35.5. The van der Waals surface area contributed by atoms with Crippen molar-refractivity contribution in [2.45, 2.75) is 26.3 Å². The molecule has 1 atom stereocenters. The molecule has 0 saturated carbocycles. The van der Waals surface area contributed by atoms with Crippen LogP contribution in [-0.4, -0.2) is 40.5 Å². The van der Waals surface area contributed by atoms with Crippen LogP contribution >= 0.6 is 36.6 Å². The summed E-state index contributed by atoms with van der Waals surface area (Å²) in [5.74, 6) is 0.611. The molecule has 0 radical (unpaired) electrons. The SMILES string of the molecule is CC(N)=NCCSC[C@@](N)(C(=O)O)C(C)C.Cl.Cl. The number of rotatable bonds is 7. The van der Waals surface area contributed by atoms with E-state index in [1.165, 1.54) is 11.8 Å². The van der Waals surface area contributed by atoms with Gasteiger partial charge in [-0.3, -0.25) is 9.79 Å². The summed E-state index contributed by atoms with van der Waals surface area (Å²) in [5.41, 5.74) is 10.1. The summed E-state index contributed by atoms with van der Waals surface area (Å²) in [4.78, 5) is 15.1. The Morgan fingerprint density at radius 2 is 1.94 bits per heavy atom. The first-order chi connectivity index (χ1) is 7.30. The number of nitrogens with two attached hydrogens (primary N) is 2. The minimum atomic E-state index is -1.16. The Bertz CT molecular complexity index is 274. The Kier molecular flexibility index (Phi) is 13.7. The first-order valence-electron chi connectivity index (χ1n) is 5.17. The largest absolute Gasteiger partial charge is 0.480 e. The predicted molar refractivity (Wildman–Crippen MR) is 83.4 cm³/mol. The van der Waals surface area contributed by atoms with Gasteiger partial charge < -0.3 is 16.6 Å². The third-order valence-electron chi connectivity index (χ3n) is 2.37. The van der Waals surface area contributed by atoms with Gasteiger partial charge in [0.2, 0.25) is 0 Å². The molecule has 0 aromatic carbocycles. The molecule has 0 unspecified atom stereocenters. The molecule has 0 aliphatic heterocycles. The summed E-state index contributed by atoms with van der Waals surface area (Å²) < 4.78 is 0. The second-order valence-electron chi connectivity index (χ2n) is 4.08. The molecule has 18 heavy (non-hydrogen) atoms. The molecule has 0 saturated heterocycles. The lowest BCUT2D eigenvalue weighted by Crippen LogP contribution is -2.54. The van der Waals surface area contributed by atoms with Gasteiger partial charge in [0, 0.05) is 18.1 Å². The molecule has 0 aliphatic rings. The van der Waals surface area contributed by atoms with Crippen LogP contribution in [0, 0.1) is 5.92 Å². The van der Waals surface area contributed by atoms with E-state index in [9.17, 15) is 4.79 Å². The number of carboxylic acids is 1. The first kappa shape index (κ1) is 23.0. The number of amidine groups is 1. The van der Waals surface area contributed by atoms with Gasteiger partial charge in [-0.2, -0.15) is 11.8 Å². The monoisotopic (exact) mass is 319 g/mol. The van der Waals surface area contributed by atoms with Gasteiger partial charge >= 0.3 is 5.97 Å². The van der Waals surface area contributed by atoms with Crippen LogP contribution in [0.3, 0.4) is 0 Å². The van der Waals surface area contributed by atoms with E-state index < -0.39 is 11.5 Å². The van der Waals surface area contributed by atoms with E-state index in [0.29, 0.717) is 18.1 Å². The summed E-state index contributed by atoms with van der Waals surface area (Å²) >= 11 is 1.49. The molecule has 0 rings (SSSR count). The van der Waals surface area contributed by atoms with Crippen molar-refractivity contribution in [1.29, 1.82) is 0 Å². The van der Waals surface area contributed by atoms with E-state index in [-0.39, 0.29) is 30.7 Å². The molecular formula is C10H23Cl2N3O2S. The highest BCUT2D eigenvalue weighted by Crippen LogP contribution is 2.20. The second kappa shape index (κ2) is 10.7. The molecule has 0 heterocycles. The number of halogens is 2. The minimum absolute atomic E-state index is 0. The van der Waals surface area contributed by atoms with Gasteiger partial charge in [0.25, 0.3) is 0 Å². The van der Waals surface area contributed by atoms with Crippen LogP contribution in [0.1, 0.15) is 20.8 Å². The van der Waals surface area contributed by atoms with Crippen LogP contribution in [-0.2, 0) is 4.79 Å². The number of carbonyl (C=O) groups is 1. The molecule has 5 nitrogen and oxygen atoms in total. The second-order valence-corrected chi connectivity index (χ2v) is 5.18. The van der Waals surface area contributed by atoms with Gasteiger partial charge in [0.05, 0.1) is 5.84 Å². The number of aliphatic carboxylic acids is 1. The van der Waals surface area contributed by atoms with Crippen molar-refractivity contribution in [2.75, 3.05) is 18.1 Å². The summed E-state index contributed by atoms with van der Waals surface area (Å²) in [7, 11) is 0. The Hall–Kier alpha value is -0.170. The summed E-state index contributed by atoms with van der Waals surface area (Å²) in [6.07, 6.45) is 0. The smallest absolute Gasteiger partial charge is 0.324 e. The van der Waals surface area contributed by atoms with Crippen LogP contribution in [0.2, 0.25) is 0 Å². The normalized spacial score (nSPS) is 14.4. The molecule has 110 valence electrons. The molecule has 0 spiro atoms. The molecule has 0 aromatic rings. The molecule has 0 bridgehead atoms. The molecular weight excluding hydrogens is 297 g/mol. The van der Waals surface area contributed by atoms with Crippen molar-refractivity contribution in [3.05, 3.63) is 0 Å². The number of thioether (sulfide) groups is 1. The van der Waals surface area contributed by atoms with Gasteiger partial charge in [-0.05, 0) is 12.8 Å². The number of nitrogens with zero attached hydrogens (tertiary/aromatic N) is 1. The van der Waals surface area contributed by atoms with E-state index in [2.05, 4.69) is 4.99 Å². The summed E-state index contributed by atoms with van der Waals surface area (Å²) in [6, 6.07) is 0. The third-order valence-corrected chi connectivity index (χ3v) is 3.52. The molecule has 8 heteroatoms. The number of hydrogen-bond donors (Lipinski definition) is 3. The maximum Gasteiger partial charge on any atom is 0.324 e. The fourth-order valence-corrected chi connectivity index (χ4v) is 2.16. The summed E-state index contributed by atoms with van der Waals surface area (Å²) in [6.45, 7) is 5.96. The Labute approximate surface area is 125 Å². The van der Waals surface area contributed by atoms with Crippen molar-refractivity contribution in [3.8, 4) is 0 Å². The topological polar surface area (TPSA) is 102 Å². The first-order valence-corrected chi connectivity index (χ1v) is 6.32. The molecule has 0 aliphatic carbocycles. The number of carboxylic acid groups (broad SMARTS) is 1. The lowest BCUT2D eigenvalue weighted by Gasteiger charge is -2.28. The average molecular weight is 320 g/mol. The average Bonchev–Trinajstić information content (AvgIpc) is 2.15. The predicted octanol–water partition coefficient (Wildman–Crippen LogP) is 1.38. The maximum absolute atomic E-state index is 11.0. The van der Waals surface area contributed by atoms with Crippen LogP contribution in [0.15, 0.2) is 4.99 Å². The van der Waals surface area contributed by atoms with Crippen molar-refractivity contribution in [1.82, 2.24) is 0 Å². The van der Waals surface area contributed by atoms with Gasteiger partial charge in [0.15, 0.2) is 0 Å². The Morgan fingerprint density at radius 3 is 2.28 bits per heavy atom. The van der Waals surface area contributed by atoms with Gasteiger partial charge in [-0.15, -0.1) is 24.8 Å². The van der Waals surface area contributed by atoms with E-state index in [1.54, 1.807) is 6.92 Å². The minimum Gasteiger partial charge on any atom is -0.480 e. The Balaban J connectivity index is -0.00000112. The Morgan fingerprint density at radius 1 is 1.44 bits per heavy atom. The zero-order chi connectivity index (χ0) is 12.8. The van der Waals surface area contributed by atoms with Crippen LogP contribution in [0.4, 0.5) is 0 Å². The van der Waals surface area contributed by atoms with Gasteiger partial charge in [0.1, 0.15) is 5.54 Å². The van der Waals surface area contributed by atoms with Crippen LogP contribution in [0.25, 0.3) is 0 Å².